The number of hydrogen-bond acceptors (Lipinski definition) is 2. The third kappa shape index (κ3) is 7.53. The Kier molecular flexibility index (Phi) is 9.99. The SMILES string of the molecule is C=C1\C=C(C)/C=C(C)\C=C\NCC/C(C(C)NCC)=C1/C=C(\CC)c1cc(C)cc(C)c1. The summed E-state index contributed by atoms with van der Waals surface area (Å²) in [4.78, 5) is 0. The van der Waals surface area contributed by atoms with Gasteiger partial charge in [-0.15, -0.1) is 0 Å². The van der Waals surface area contributed by atoms with Crippen LogP contribution in [-0.2, 0) is 0 Å². The molecule has 1 aliphatic heterocycles. The van der Waals surface area contributed by atoms with Crippen LogP contribution in [0.3, 0.4) is 0 Å². The zero-order chi connectivity index (χ0) is 23.7. The number of hydrogen-bond donors (Lipinski definition) is 2. The average Bonchev–Trinajstić information content (AvgIpc) is 2.70. The Morgan fingerprint density at radius 3 is 2.38 bits per heavy atom. The molecule has 0 spiro atoms. The third-order valence-electron chi connectivity index (χ3n) is 5.88. The lowest BCUT2D eigenvalue weighted by molar-refractivity contribution is 0.603. The minimum atomic E-state index is 0.278. The van der Waals surface area contributed by atoms with E-state index in [1.807, 2.05) is 0 Å². The Balaban J connectivity index is 2.71. The first-order chi connectivity index (χ1) is 15.2. The summed E-state index contributed by atoms with van der Waals surface area (Å²) in [5.41, 5.74) is 11.4. The van der Waals surface area contributed by atoms with Gasteiger partial charge in [0.2, 0.25) is 0 Å². The molecule has 1 aliphatic rings. The van der Waals surface area contributed by atoms with Crippen LogP contribution >= 0.6 is 0 Å². The van der Waals surface area contributed by atoms with Crippen LogP contribution < -0.4 is 10.6 Å². The maximum absolute atomic E-state index is 4.53. The Morgan fingerprint density at radius 2 is 1.75 bits per heavy atom. The van der Waals surface area contributed by atoms with E-state index in [9.17, 15) is 0 Å². The molecule has 1 aromatic carbocycles. The number of allylic oxidation sites excluding steroid dienone is 9. The lowest BCUT2D eigenvalue weighted by Gasteiger charge is -2.23. The van der Waals surface area contributed by atoms with Gasteiger partial charge >= 0.3 is 0 Å². The highest BCUT2D eigenvalue weighted by molar-refractivity contribution is 5.72. The van der Waals surface area contributed by atoms with E-state index in [1.165, 1.54) is 44.6 Å². The van der Waals surface area contributed by atoms with Crippen molar-refractivity contribution in [3.05, 3.63) is 99.8 Å². The third-order valence-corrected chi connectivity index (χ3v) is 5.88. The van der Waals surface area contributed by atoms with Gasteiger partial charge in [-0.2, -0.15) is 0 Å². The predicted molar refractivity (Wildman–Crippen MR) is 143 cm³/mol. The lowest BCUT2D eigenvalue weighted by atomic mass is 9.88. The first kappa shape index (κ1) is 25.7. The van der Waals surface area contributed by atoms with E-state index in [2.05, 4.69) is 114 Å². The summed E-state index contributed by atoms with van der Waals surface area (Å²) in [7, 11) is 0. The van der Waals surface area contributed by atoms with Crippen molar-refractivity contribution in [1.29, 1.82) is 0 Å². The highest BCUT2D eigenvalue weighted by Gasteiger charge is 2.15. The molecular weight excluding hydrogens is 388 g/mol. The van der Waals surface area contributed by atoms with Crippen molar-refractivity contribution in [2.24, 2.45) is 0 Å². The average molecular weight is 431 g/mol. The van der Waals surface area contributed by atoms with Gasteiger partial charge in [0, 0.05) is 12.6 Å². The zero-order valence-corrected chi connectivity index (χ0v) is 21.2. The second-order valence-electron chi connectivity index (χ2n) is 8.96. The van der Waals surface area contributed by atoms with E-state index in [1.54, 1.807) is 0 Å². The summed E-state index contributed by atoms with van der Waals surface area (Å²) < 4.78 is 0. The minimum Gasteiger partial charge on any atom is -0.391 e. The minimum absolute atomic E-state index is 0.278. The largest absolute Gasteiger partial charge is 0.391 e. The normalized spacial score (nSPS) is 23.7. The van der Waals surface area contributed by atoms with E-state index in [0.717, 1.165) is 31.5 Å². The molecule has 2 heteroatoms. The molecule has 2 nitrogen and oxygen atoms in total. The summed E-state index contributed by atoms with van der Waals surface area (Å²) in [6, 6.07) is 7.12. The van der Waals surface area contributed by atoms with Gasteiger partial charge in [-0.25, -0.2) is 0 Å². The first-order valence-corrected chi connectivity index (χ1v) is 12.0. The van der Waals surface area contributed by atoms with Crippen LogP contribution in [0.1, 0.15) is 64.2 Å². The topological polar surface area (TPSA) is 24.1 Å². The molecule has 172 valence electrons. The Bertz CT molecular complexity index is 946. The van der Waals surface area contributed by atoms with Crippen LogP contribution in [-0.4, -0.2) is 19.1 Å². The van der Waals surface area contributed by atoms with Gasteiger partial charge in [0.15, 0.2) is 0 Å². The van der Waals surface area contributed by atoms with Crippen LogP contribution in [0.25, 0.3) is 5.57 Å². The fourth-order valence-corrected chi connectivity index (χ4v) is 4.41. The fourth-order valence-electron chi connectivity index (χ4n) is 4.41. The molecule has 1 heterocycles. The van der Waals surface area contributed by atoms with Gasteiger partial charge in [-0.3, -0.25) is 0 Å². The van der Waals surface area contributed by atoms with E-state index in [0.29, 0.717) is 0 Å². The number of aryl methyl sites for hydroxylation is 2. The number of nitrogens with one attached hydrogen (secondary N) is 2. The fraction of sp³-hybridized carbons (Fsp3) is 0.400. The molecule has 2 rings (SSSR count). The maximum Gasteiger partial charge on any atom is 0.0260 e. The molecule has 0 bridgehead atoms. The smallest absolute Gasteiger partial charge is 0.0260 e. The van der Waals surface area contributed by atoms with E-state index in [4.69, 9.17) is 0 Å². The van der Waals surface area contributed by atoms with Crippen LogP contribution in [0.4, 0.5) is 0 Å². The molecular formula is C30H42N2. The van der Waals surface area contributed by atoms with Crippen molar-refractivity contribution in [3.8, 4) is 0 Å². The van der Waals surface area contributed by atoms with E-state index in [-0.39, 0.29) is 6.04 Å². The molecule has 0 saturated heterocycles. The zero-order valence-electron chi connectivity index (χ0n) is 21.2. The summed E-state index contributed by atoms with van der Waals surface area (Å²) in [6.45, 7) is 21.7. The van der Waals surface area contributed by atoms with Gasteiger partial charge in [0.25, 0.3) is 0 Å². The molecule has 0 aromatic heterocycles. The van der Waals surface area contributed by atoms with Gasteiger partial charge in [-0.1, -0.05) is 73.6 Å². The summed E-state index contributed by atoms with van der Waals surface area (Å²) in [6.07, 6.45) is 13.0. The second-order valence-corrected chi connectivity index (χ2v) is 8.96. The molecule has 0 fully saturated rings. The summed E-state index contributed by atoms with van der Waals surface area (Å²) >= 11 is 0. The standard InChI is InChI=1S/C30H42N2/c1-9-27(28-18-23(5)16-24(6)19-28)20-30-25(7)17-22(4)15-21(3)11-13-31-14-12-29(30)26(8)32-10-2/h11,13,15-20,26,31-32H,7,9-10,12,14H2,1-6,8H3/b13-11+,21-15-,22-17-,27-20+,30-29+. The Hall–Kier alpha value is -2.58. The van der Waals surface area contributed by atoms with Crippen molar-refractivity contribution in [1.82, 2.24) is 10.6 Å². The van der Waals surface area contributed by atoms with Gasteiger partial charge in [-0.05, 0) is 99.7 Å². The molecule has 1 unspecified atom stereocenters. The molecule has 1 atom stereocenters. The number of benzene rings is 1. The van der Waals surface area contributed by atoms with Crippen LogP contribution in [0, 0.1) is 13.8 Å². The monoisotopic (exact) mass is 430 g/mol. The van der Waals surface area contributed by atoms with Crippen molar-refractivity contribution in [2.75, 3.05) is 13.1 Å². The lowest BCUT2D eigenvalue weighted by Crippen LogP contribution is -2.30. The molecule has 2 N–H and O–H groups in total. The quantitative estimate of drug-likeness (QED) is 0.493. The molecule has 1 aromatic rings. The van der Waals surface area contributed by atoms with Crippen molar-refractivity contribution in [3.63, 3.8) is 0 Å². The summed E-state index contributed by atoms with van der Waals surface area (Å²) in [5.74, 6) is 0. The van der Waals surface area contributed by atoms with Crippen molar-refractivity contribution >= 4 is 5.57 Å². The Labute approximate surface area is 196 Å². The van der Waals surface area contributed by atoms with Crippen LogP contribution in [0.5, 0.6) is 0 Å². The predicted octanol–water partition coefficient (Wildman–Crippen LogP) is 7.35. The molecule has 32 heavy (non-hydrogen) atoms. The van der Waals surface area contributed by atoms with E-state index < -0.39 is 0 Å². The first-order valence-electron chi connectivity index (χ1n) is 12.0. The van der Waals surface area contributed by atoms with E-state index >= 15 is 0 Å². The molecule has 0 radical (unpaired) electrons. The van der Waals surface area contributed by atoms with Gasteiger partial charge < -0.3 is 10.6 Å². The van der Waals surface area contributed by atoms with Gasteiger partial charge in [0.1, 0.15) is 0 Å². The second kappa shape index (κ2) is 12.5. The van der Waals surface area contributed by atoms with Gasteiger partial charge in [0.05, 0.1) is 0 Å². The molecule has 0 saturated carbocycles. The highest BCUT2D eigenvalue weighted by atomic mass is 14.9. The maximum atomic E-state index is 4.53. The number of rotatable bonds is 6. The van der Waals surface area contributed by atoms with Crippen LogP contribution in [0.2, 0.25) is 0 Å². The molecule has 0 amide bonds. The van der Waals surface area contributed by atoms with Crippen LogP contribution in [0.15, 0.2) is 83.1 Å². The molecule has 0 aliphatic carbocycles. The number of likely N-dealkylation sites (N-methyl/N-ethyl adjacent to an activating group) is 1. The summed E-state index contributed by atoms with van der Waals surface area (Å²) in [5, 5.41) is 7.11. The highest BCUT2D eigenvalue weighted by Crippen LogP contribution is 2.29. The van der Waals surface area contributed by atoms with Crippen molar-refractivity contribution in [2.45, 2.75) is 67.3 Å². The van der Waals surface area contributed by atoms with Crippen molar-refractivity contribution < 1.29 is 0 Å². The Morgan fingerprint density at radius 1 is 1.06 bits per heavy atom.